The molecule has 4 heterocycles. The summed E-state index contributed by atoms with van der Waals surface area (Å²) in [7, 11) is 1.82. The Morgan fingerprint density at radius 2 is 1.71 bits per heavy atom. The minimum Gasteiger partial charge on any atom is -0.343 e. The molecule has 2 aliphatic carbocycles. The molecule has 2 aromatic carbocycles. The number of nitrogens with one attached hydrogen (secondary N) is 2. The maximum atomic E-state index is 14.4. The van der Waals surface area contributed by atoms with Crippen LogP contribution in [0.15, 0.2) is 67.1 Å². The number of nitrogens with zero attached hydrogens (tertiary/aromatic N) is 8. The first-order chi connectivity index (χ1) is 24.9. The number of halogens is 3. The van der Waals surface area contributed by atoms with E-state index in [2.05, 4.69) is 37.0 Å². The Hall–Kier alpha value is -5.65. The number of hydrogen-bond donors (Lipinski definition) is 2. The molecule has 16 heteroatoms. The van der Waals surface area contributed by atoms with Crippen molar-refractivity contribution in [2.45, 2.75) is 55.6 Å². The van der Waals surface area contributed by atoms with Crippen molar-refractivity contribution in [3.8, 4) is 17.3 Å². The van der Waals surface area contributed by atoms with Crippen LogP contribution in [-0.4, -0.2) is 52.8 Å². The Morgan fingerprint density at radius 3 is 2.29 bits per heavy atom. The Morgan fingerprint density at radius 1 is 1.00 bits per heavy atom. The molecule has 1 atom stereocenters. The average Bonchev–Trinajstić information content (AvgIpc) is 3.98. The Kier molecular flexibility index (Phi) is 7.70. The van der Waals surface area contributed by atoms with Crippen molar-refractivity contribution >= 4 is 52.6 Å². The molecule has 3 aromatic heterocycles. The number of anilines is 2. The fourth-order valence-electron chi connectivity index (χ4n) is 6.74. The molecule has 52 heavy (non-hydrogen) atoms. The highest BCUT2D eigenvalue weighted by atomic mass is 35.5. The number of carbonyl (C=O) groups excluding carboxylic acids is 3. The summed E-state index contributed by atoms with van der Waals surface area (Å²) in [6, 6.07) is 15.0. The molecule has 0 saturated heterocycles. The number of hydrogen-bond acceptors (Lipinski definition) is 8. The minimum absolute atomic E-state index is 0.0402. The van der Waals surface area contributed by atoms with Crippen molar-refractivity contribution in [2.75, 3.05) is 4.90 Å². The highest BCUT2D eigenvalue weighted by molar-refractivity contribution is 6.35. The standard InChI is InChI=1S/C36H29Cl2FN10O3/c1-34(15-20-3-5-21(16-40)6-4-20)32(52)48(23-13-24(37)29(39)25(38)14-23)33-41-18-27(49(33)34)30(50)43-36(11-12-36)31(51)44-35(9-10-35)28-8-7-26(45-46-28)22-17-42-47(2)19-22/h3-8,13-14,17-19H,9-12,15H2,1-2H3,(H,43,50)(H,44,51)/t34-/m1/s1. The predicted octanol–water partition coefficient (Wildman–Crippen LogP) is 5.10. The van der Waals surface area contributed by atoms with Gasteiger partial charge in [-0.05, 0) is 74.6 Å². The zero-order valence-corrected chi connectivity index (χ0v) is 29.3. The van der Waals surface area contributed by atoms with Crippen molar-refractivity contribution in [2.24, 2.45) is 7.05 Å². The van der Waals surface area contributed by atoms with E-state index in [-0.39, 0.29) is 39.7 Å². The van der Waals surface area contributed by atoms with Crippen LogP contribution in [0.4, 0.5) is 16.0 Å². The zero-order valence-electron chi connectivity index (χ0n) is 27.8. The summed E-state index contributed by atoms with van der Waals surface area (Å²) in [4.78, 5) is 48.1. The van der Waals surface area contributed by atoms with Crippen LogP contribution in [0, 0.1) is 17.1 Å². The minimum atomic E-state index is -1.42. The molecule has 8 rings (SSSR count). The van der Waals surface area contributed by atoms with Crippen molar-refractivity contribution in [1.29, 1.82) is 5.26 Å². The molecule has 0 bridgehead atoms. The van der Waals surface area contributed by atoms with E-state index in [0.717, 1.165) is 5.56 Å². The Labute approximate surface area is 306 Å². The van der Waals surface area contributed by atoms with Crippen LogP contribution in [0.3, 0.4) is 0 Å². The van der Waals surface area contributed by atoms with Gasteiger partial charge in [-0.3, -0.25) is 23.6 Å². The number of benzene rings is 2. The number of aromatic nitrogens is 6. The van der Waals surface area contributed by atoms with Gasteiger partial charge in [0, 0.05) is 25.2 Å². The molecule has 3 amide bonds. The lowest BCUT2D eigenvalue weighted by atomic mass is 9.91. The van der Waals surface area contributed by atoms with Gasteiger partial charge in [0.15, 0.2) is 5.82 Å². The highest BCUT2D eigenvalue weighted by Crippen LogP contribution is 2.48. The van der Waals surface area contributed by atoms with E-state index >= 15 is 0 Å². The van der Waals surface area contributed by atoms with Gasteiger partial charge < -0.3 is 10.6 Å². The van der Waals surface area contributed by atoms with Crippen LogP contribution >= 0.6 is 23.2 Å². The molecule has 2 N–H and O–H groups in total. The quantitative estimate of drug-likeness (QED) is 0.198. The molecular weight excluding hydrogens is 710 g/mol. The van der Waals surface area contributed by atoms with E-state index in [9.17, 15) is 24.0 Å². The lowest BCUT2D eigenvalue weighted by Crippen LogP contribution is -2.52. The summed E-state index contributed by atoms with van der Waals surface area (Å²) in [6.45, 7) is 1.67. The van der Waals surface area contributed by atoms with Crippen LogP contribution in [0.2, 0.25) is 10.0 Å². The van der Waals surface area contributed by atoms with Crippen molar-refractivity contribution in [3.63, 3.8) is 0 Å². The molecular formula is C36H29Cl2FN10O3. The molecule has 2 saturated carbocycles. The SMILES string of the molecule is Cn1cc(-c2ccc(C3(NC(=O)C4(NC(=O)c5cnc6n5[C@](C)(Cc5ccc(C#N)cc5)C(=O)N6c5cc(Cl)c(F)c(Cl)c5)CC4)CC3)nn2)cn1. The van der Waals surface area contributed by atoms with Crippen LogP contribution in [0.25, 0.3) is 11.3 Å². The third-order valence-corrected chi connectivity index (χ3v) is 10.5. The number of fused-ring (bicyclic) bond motifs is 1. The molecule has 262 valence electrons. The normalized spacial score (nSPS) is 19.2. The van der Waals surface area contributed by atoms with Crippen LogP contribution in [0.1, 0.15) is 59.9 Å². The first-order valence-electron chi connectivity index (χ1n) is 16.4. The topological polar surface area (TPSA) is 164 Å². The number of aryl methyl sites for hydroxylation is 1. The summed E-state index contributed by atoms with van der Waals surface area (Å²) >= 11 is 12.3. The summed E-state index contributed by atoms with van der Waals surface area (Å²) < 4.78 is 17.6. The van der Waals surface area contributed by atoms with Gasteiger partial charge in [-0.15, -0.1) is 0 Å². The number of carbonyl (C=O) groups is 3. The van der Waals surface area contributed by atoms with E-state index in [1.807, 2.05) is 25.4 Å². The Balaban J connectivity index is 1.08. The molecule has 0 spiro atoms. The number of imidazole rings is 1. The highest BCUT2D eigenvalue weighted by Gasteiger charge is 2.57. The Bertz CT molecular complexity index is 2320. The summed E-state index contributed by atoms with van der Waals surface area (Å²) in [5.74, 6) is -2.17. The van der Waals surface area contributed by atoms with Gasteiger partial charge in [-0.1, -0.05) is 35.3 Å². The van der Waals surface area contributed by atoms with Crippen molar-refractivity contribution < 1.29 is 18.8 Å². The molecule has 0 radical (unpaired) electrons. The van der Waals surface area contributed by atoms with Gasteiger partial charge in [0.05, 0.1) is 56.7 Å². The van der Waals surface area contributed by atoms with Crippen molar-refractivity contribution in [1.82, 2.24) is 40.2 Å². The van der Waals surface area contributed by atoms with E-state index < -0.39 is 34.2 Å². The number of amides is 3. The first-order valence-corrected chi connectivity index (χ1v) is 17.2. The smallest absolute Gasteiger partial charge is 0.270 e. The third-order valence-electron chi connectivity index (χ3n) is 9.99. The molecule has 2 fully saturated rings. The van der Waals surface area contributed by atoms with Gasteiger partial charge in [0.25, 0.3) is 11.8 Å². The van der Waals surface area contributed by atoms with Crippen LogP contribution in [0.5, 0.6) is 0 Å². The monoisotopic (exact) mass is 738 g/mol. The van der Waals surface area contributed by atoms with Gasteiger partial charge in [0.2, 0.25) is 11.9 Å². The van der Waals surface area contributed by atoms with Gasteiger partial charge >= 0.3 is 0 Å². The lowest BCUT2D eigenvalue weighted by molar-refractivity contribution is -0.125. The predicted molar refractivity (Wildman–Crippen MR) is 187 cm³/mol. The molecule has 3 aliphatic rings. The summed E-state index contributed by atoms with van der Waals surface area (Å²) in [5, 5.41) is 27.7. The molecule has 13 nitrogen and oxygen atoms in total. The first kappa shape index (κ1) is 33.5. The second-order valence-corrected chi connectivity index (χ2v) is 14.5. The second-order valence-electron chi connectivity index (χ2n) is 13.7. The summed E-state index contributed by atoms with van der Waals surface area (Å²) in [6.07, 6.45) is 7.14. The summed E-state index contributed by atoms with van der Waals surface area (Å²) in [5.41, 5.74) is 0.178. The molecule has 5 aromatic rings. The van der Waals surface area contributed by atoms with Gasteiger partial charge in [-0.2, -0.15) is 20.6 Å². The van der Waals surface area contributed by atoms with Gasteiger partial charge in [0.1, 0.15) is 16.8 Å². The fourth-order valence-corrected chi connectivity index (χ4v) is 7.22. The second kappa shape index (κ2) is 12.0. The van der Waals surface area contributed by atoms with E-state index in [0.29, 0.717) is 48.2 Å². The zero-order chi connectivity index (χ0) is 36.6. The van der Waals surface area contributed by atoms with Crippen LogP contribution < -0.4 is 15.5 Å². The van der Waals surface area contributed by atoms with Crippen LogP contribution in [-0.2, 0) is 34.1 Å². The fraction of sp³-hybridized carbons (Fsp3) is 0.278. The maximum Gasteiger partial charge on any atom is 0.270 e. The average molecular weight is 740 g/mol. The molecule has 0 unspecified atom stereocenters. The lowest BCUT2D eigenvalue weighted by Gasteiger charge is -2.27. The third kappa shape index (κ3) is 5.48. The van der Waals surface area contributed by atoms with E-state index in [1.54, 1.807) is 42.1 Å². The number of rotatable bonds is 9. The van der Waals surface area contributed by atoms with E-state index in [4.69, 9.17) is 23.2 Å². The maximum absolute atomic E-state index is 14.4. The largest absolute Gasteiger partial charge is 0.343 e. The van der Waals surface area contributed by atoms with Gasteiger partial charge in [-0.25, -0.2) is 14.3 Å². The van der Waals surface area contributed by atoms with E-state index in [1.165, 1.54) is 27.8 Å². The molecule has 1 aliphatic heterocycles. The van der Waals surface area contributed by atoms with Crippen molar-refractivity contribution in [3.05, 3.63) is 105 Å². The number of nitriles is 1.